The van der Waals surface area contributed by atoms with Gasteiger partial charge in [-0.2, -0.15) is 0 Å². The van der Waals surface area contributed by atoms with E-state index in [0.29, 0.717) is 11.8 Å². The Morgan fingerprint density at radius 3 is 2.73 bits per heavy atom. The van der Waals surface area contributed by atoms with Gasteiger partial charge in [-0.1, -0.05) is 19.8 Å². The zero-order chi connectivity index (χ0) is 10.7. The summed E-state index contributed by atoms with van der Waals surface area (Å²) in [4.78, 5) is 14.4. The van der Waals surface area contributed by atoms with Crippen LogP contribution in [0.2, 0.25) is 0 Å². The quantitative estimate of drug-likeness (QED) is 0.697. The molecule has 2 aliphatic rings. The molecule has 1 saturated carbocycles. The van der Waals surface area contributed by atoms with E-state index >= 15 is 0 Å². The van der Waals surface area contributed by atoms with E-state index < -0.39 is 0 Å². The molecule has 0 N–H and O–H groups in total. The summed E-state index contributed by atoms with van der Waals surface area (Å²) in [7, 11) is 0. The highest BCUT2D eigenvalue weighted by molar-refractivity contribution is 5.84. The highest BCUT2D eigenvalue weighted by Crippen LogP contribution is 2.27. The van der Waals surface area contributed by atoms with E-state index in [-0.39, 0.29) is 6.04 Å². The van der Waals surface area contributed by atoms with Gasteiger partial charge in [0.2, 0.25) is 0 Å². The minimum atomic E-state index is 0.281. The predicted octanol–water partition coefficient (Wildman–Crippen LogP) is 2.76. The summed E-state index contributed by atoms with van der Waals surface area (Å²) in [6.07, 6.45) is 9.50. The first kappa shape index (κ1) is 11.1. The highest BCUT2D eigenvalue weighted by atomic mass is 16.1. The van der Waals surface area contributed by atoms with Gasteiger partial charge in [0, 0.05) is 12.5 Å². The van der Waals surface area contributed by atoms with E-state index in [9.17, 15) is 4.79 Å². The third kappa shape index (κ3) is 2.41. The van der Waals surface area contributed by atoms with Crippen LogP contribution in [0.15, 0.2) is 0 Å². The van der Waals surface area contributed by atoms with Gasteiger partial charge in [-0.15, -0.1) is 0 Å². The van der Waals surface area contributed by atoms with Gasteiger partial charge in [0.1, 0.15) is 5.78 Å². The lowest BCUT2D eigenvalue weighted by atomic mass is 9.89. The summed E-state index contributed by atoms with van der Waals surface area (Å²) < 4.78 is 0. The second kappa shape index (κ2) is 5.11. The standard InChI is InChI=1S/C13H23NO/c1-2-11-7-5-6-10-14(11)12-8-3-4-9-13(12)15/h11-12H,2-10H2,1H3. The van der Waals surface area contributed by atoms with Crippen LogP contribution in [0.25, 0.3) is 0 Å². The minimum absolute atomic E-state index is 0.281. The Kier molecular flexibility index (Phi) is 3.79. The van der Waals surface area contributed by atoms with Crippen molar-refractivity contribution >= 4 is 5.78 Å². The summed E-state index contributed by atoms with van der Waals surface area (Å²) >= 11 is 0. The third-order valence-corrected chi connectivity index (χ3v) is 4.07. The van der Waals surface area contributed by atoms with E-state index in [0.717, 1.165) is 25.8 Å². The molecule has 0 spiro atoms. The zero-order valence-electron chi connectivity index (χ0n) is 9.87. The number of carbonyl (C=O) groups excluding carboxylic acids is 1. The largest absolute Gasteiger partial charge is 0.298 e. The topological polar surface area (TPSA) is 20.3 Å². The van der Waals surface area contributed by atoms with E-state index in [1.165, 1.54) is 32.1 Å². The number of rotatable bonds is 2. The molecule has 0 aromatic heterocycles. The molecule has 15 heavy (non-hydrogen) atoms. The van der Waals surface area contributed by atoms with Crippen molar-refractivity contribution in [2.75, 3.05) is 6.54 Å². The number of carbonyl (C=O) groups is 1. The van der Waals surface area contributed by atoms with Gasteiger partial charge < -0.3 is 0 Å². The molecule has 2 fully saturated rings. The molecule has 0 aromatic carbocycles. The van der Waals surface area contributed by atoms with Gasteiger partial charge in [-0.05, 0) is 38.6 Å². The van der Waals surface area contributed by atoms with E-state index in [2.05, 4.69) is 11.8 Å². The molecule has 0 amide bonds. The molecular weight excluding hydrogens is 186 g/mol. The maximum Gasteiger partial charge on any atom is 0.149 e. The van der Waals surface area contributed by atoms with Crippen molar-refractivity contribution in [3.63, 3.8) is 0 Å². The molecule has 0 radical (unpaired) electrons. The maximum absolute atomic E-state index is 11.9. The molecule has 1 saturated heterocycles. The van der Waals surface area contributed by atoms with Crippen molar-refractivity contribution in [3.05, 3.63) is 0 Å². The van der Waals surface area contributed by atoms with Crippen LogP contribution in [-0.2, 0) is 4.79 Å². The summed E-state index contributed by atoms with van der Waals surface area (Å²) in [5.74, 6) is 0.515. The average Bonchev–Trinajstić information content (AvgIpc) is 2.30. The van der Waals surface area contributed by atoms with Crippen LogP contribution in [-0.4, -0.2) is 29.3 Å². The second-order valence-electron chi connectivity index (χ2n) is 5.02. The summed E-state index contributed by atoms with van der Waals surface area (Å²) in [5.41, 5.74) is 0. The molecule has 2 atom stereocenters. The predicted molar refractivity (Wildman–Crippen MR) is 61.9 cm³/mol. The molecule has 1 aliphatic heterocycles. The molecule has 2 unspecified atom stereocenters. The van der Waals surface area contributed by atoms with Crippen molar-refractivity contribution in [2.45, 2.75) is 70.4 Å². The summed E-state index contributed by atoms with van der Waals surface area (Å²) in [6.45, 7) is 3.42. The van der Waals surface area contributed by atoms with Gasteiger partial charge >= 0.3 is 0 Å². The van der Waals surface area contributed by atoms with Crippen LogP contribution in [0.4, 0.5) is 0 Å². The number of piperidine rings is 1. The molecule has 0 aromatic rings. The fourth-order valence-corrected chi connectivity index (χ4v) is 3.19. The van der Waals surface area contributed by atoms with Crippen molar-refractivity contribution in [1.82, 2.24) is 4.90 Å². The maximum atomic E-state index is 11.9. The Morgan fingerprint density at radius 2 is 2.00 bits per heavy atom. The number of hydrogen-bond acceptors (Lipinski definition) is 2. The van der Waals surface area contributed by atoms with Gasteiger partial charge in [0.05, 0.1) is 6.04 Å². The van der Waals surface area contributed by atoms with Crippen LogP contribution < -0.4 is 0 Å². The molecule has 1 heterocycles. The van der Waals surface area contributed by atoms with Crippen LogP contribution in [0, 0.1) is 0 Å². The van der Waals surface area contributed by atoms with E-state index in [4.69, 9.17) is 0 Å². The minimum Gasteiger partial charge on any atom is -0.298 e. The number of likely N-dealkylation sites (tertiary alicyclic amines) is 1. The van der Waals surface area contributed by atoms with Gasteiger partial charge in [-0.3, -0.25) is 9.69 Å². The van der Waals surface area contributed by atoms with Crippen LogP contribution in [0.1, 0.15) is 58.3 Å². The third-order valence-electron chi connectivity index (χ3n) is 4.07. The Morgan fingerprint density at radius 1 is 1.20 bits per heavy atom. The molecule has 2 heteroatoms. The first-order valence-corrected chi connectivity index (χ1v) is 6.61. The molecule has 2 nitrogen and oxygen atoms in total. The number of Topliss-reactive ketones (excluding diaryl/α,β-unsaturated/α-hetero) is 1. The highest BCUT2D eigenvalue weighted by Gasteiger charge is 2.33. The van der Waals surface area contributed by atoms with Gasteiger partial charge in [-0.25, -0.2) is 0 Å². The molecule has 0 bridgehead atoms. The van der Waals surface area contributed by atoms with Crippen molar-refractivity contribution in [2.24, 2.45) is 0 Å². The Balaban J connectivity index is 2.02. The number of nitrogens with zero attached hydrogens (tertiary/aromatic N) is 1. The Hall–Kier alpha value is -0.370. The van der Waals surface area contributed by atoms with Crippen molar-refractivity contribution in [1.29, 1.82) is 0 Å². The SMILES string of the molecule is CCC1CCCCN1C1CCCCC1=O. The lowest BCUT2D eigenvalue weighted by Gasteiger charge is -2.41. The fourth-order valence-electron chi connectivity index (χ4n) is 3.19. The van der Waals surface area contributed by atoms with Crippen molar-refractivity contribution in [3.8, 4) is 0 Å². The fraction of sp³-hybridized carbons (Fsp3) is 0.923. The van der Waals surface area contributed by atoms with Crippen LogP contribution >= 0.6 is 0 Å². The molecule has 1 aliphatic carbocycles. The van der Waals surface area contributed by atoms with Gasteiger partial charge in [0.25, 0.3) is 0 Å². The van der Waals surface area contributed by atoms with Gasteiger partial charge in [0.15, 0.2) is 0 Å². The molecule has 86 valence electrons. The monoisotopic (exact) mass is 209 g/mol. The summed E-state index contributed by atoms with van der Waals surface area (Å²) in [5, 5.41) is 0. The number of ketones is 1. The lowest BCUT2D eigenvalue weighted by Crippen LogP contribution is -2.50. The van der Waals surface area contributed by atoms with Crippen LogP contribution in [0.3, 0.4) is 0 Å². The molecule has 2 rings (SSSR count). The zero-order valence-corrected chi connectivity index (χ0v) is 9.87. The van der Waals surface area contributed by atoms with Crippen LogP contribution in [0.5, 0.6) is 0 Å². The lowest BCUT2D eigenvalue weighted by molar-refractivity contribution is -0.128. The Labute approximate surface area is 93.0 Å². The second-order valence-corrected chi connectivity index (χ2v) is 5.02. The summed E-state index contributed by atoms with van der Waals surface area (Å²) in [6, 6.07) is 0.967. The smallest absolute Gasteiger partial charge is 0.149 e. The normalized spacial score (nSPS) is 34.3. The first-order chi connectivity index (χ1) is 7.33. The Bertz CT molecular complexity index is 227. The first-order valence-electron chi connectivity index (χ1n) is 6.61. The number of hydrogen-bond donors (Lipinski definition) is 0. The van der Waals surface area contributed by atoms with Crippen molar-refractivity contribution < 1.29 is 4.79 Å². The van der Waals surface area contributed by atoms with E-state index in [1.807, 2.05) is 0 Å². The molecular formula is C13H23NO. The van der Waals surface area contributed by atoms with E-state index in [1.54, 1.807) is 0 Å². The average molecular weight is 209 g/mol.